The van der Waals surface area contributed by atoms with Gasteiger partial charge in [-0.2, -0.15) is 0 Å². The van der Waals surface area contributed by atoms with Crippen molar-refractivity contribution in [2.45, 2.75) is 353 Å². The van der Waals surface area contributed by atoms with E-state index in [-0.39, 0.29) is 19.1 Å². The molecule has 0 radical (unpaired) electrons. The predicted molar refractivity (Wildman–Crippen MR) is 325 cm³/mol. The topological polar surface area (TPSA) is 108 Å². The number of rotatable bonds is 62. The molecule has 0 saturated carbocycles. The fraction of sp³-hybridized carbons (Fsp3) is 0.924. The Labute approximate surface area is 468 Å². The number of quaternary nitrogens is 1. The molecular formula is C66H131N2O6P. The number of nitrogens with one attached hydrogen (secondary N) is 1. The standard InChI is InChI=1S/C66H131N2O6P/c1-6-8-10-12-14-16-18-20-22-24-26-28-30-32-33-34-36-38-40-42-44-46-48-50-52-54-56-58-60-66(70)67-64(63-74-75(71,72)73-62-61-68(3,4)5)65(69)59-57-55-53-51-49-47-45-43-41-39-37-35-31-29-27-25-23-21-19-17-15-13-11-9-7-2/h32-33,57,59,64-65,69H,6-31,34-56,58,60-63H2,1-5H3,(H-,67,70,71,72)/b33-32-,59-57+. The maximum atomic E-state index is 13.0. The molecule has 9 heteroatoms. The lowest BCUT2D eigenvalue weighted by molar-refractivity contribution is -0.870. The minimum Gasteiger partial charge on any atom is -0.756 e. The molecule has 0 aromatic heterocycles. The third-order valence-corrected chi connectivity index (χ3v) is 16.4. The van der Waals surface area contributed by atoms with Gasteiger partial charge in [-0.25, -0.2) is 0 Å². The lowest BCUT2D eigenvalue weighted by atomic mass is 10.0. The van der Waals surface area contributed by atoms with Gasteiger partial charge < -0.3 is 28.8 Å². The summed E-state index contributed by atoms with van der Waals surface area (Å²) in [5, 5.41) is 14.0. The second-order valence-corrected chi connectivity index (χ2v) is 25.6. The number of phosphoric acid groups is 1. The minimum atomic E-state index is -4.60. The molecule has 0 aromatic carbocycles. The van der Waals surface area contributed by atoms with Crippen molar-refractivity contribution < 1.29 is 32.9 Å². The van der Waals surface area contributed by atoms with Crippen LogP contribution in [-0.2, 0) is 18.4 Å². The van der Waals surface area contributed by atoms with E-state index in [2.05, 4.69) is 31.3 Å². The van der Waals surface area contributed by atoms with Crippen molar-refractivity contribution in [3.05, 3.63) is 24.3 Å². The van der Waals surface area contributed by atoms with Gasteiger partial charge in [0.2, 0.25) is 5.91 Å². The maximum absolute atomic E-state index is 13.0. The maximum Gasteiger partial charge on any atom is 0.268 e. The predicted octanol–water partition coefficient (Wildman–Crippen LogP) is 20.1. The largest absolute Gasteiger partial charge is 0.756 e. The average Bonchev–Trinajstić information content (AvgIpc) is 3.37. The minimum absolute atomic E-state index is 0.00114. The molecule has 0 bridgehead atoms. The number of carbonyl (C=O) groups excluding carboxylic acids is 1. The molecule has 1 amide bonds. The molecule has 0 aliphatic rings. The summed E-state index contributed by atoms with van der Waals surface area (Å²) in [5.74, 6) is -0.191. The lowest BCUT2D eigenvalue weighted by Gasteiger charge is -2.29. The summed E-state index contributed by atoms with van der Waals surface area (Å²) in [5.41, 5.74) is 0. The van der Waals surface area contributed by atoms with Gasteiger partial charge in [0, 0.05) is 6.42 Å². The third kappa shape index (κ3) is 60.5. The first kappa shape index (κ1) is 74.0. The Morgan fingerprint density at radius 1 is 0.453 bits per heavy atom. The lowest BCUT2D eigenvalue weighted by Crippen LogP contribution is -2.45. The molecule has 0 aliphatic carbocycles. The van der Waals surface area contributed by atoms with Crippen LogP contribution >= 0.6 is 7.82 Å². The molecule has 0 saturated heterocycles. The number of allylic oxidation sites excluding steroid dienone is 3. The Balaban J connectivity index is 4.09. The van der Waals surface area contributed by atoms with E-state index in [0.29, 0.717) is 17.4 Å². The van der Waals surface area contributed by atoms with Crippen molar-refractivity contribution in [2.75, 3.05) is 40.9 Å². The number of aliphatic hydroxyl groups excluding tert-OH is 1. The van der Waals surface area contributed by atoms with Crippen molar-refractivity contribution in [3.8, 4) is 0 Å². The first-order valence-corrected chi connectivity index (χ1v) is 34.7. The Morgan fingerprint density at radius 3 is 1.04 bits per heavy atom. The molecule has 446 valence electrons. The van der Waals surface area contributed by atoms with Crippen LogP contribution in [0.1, 0.15) is 341 Å². The number of hydrogen-bond acceptors (Lipinski definition) is 6. The van der Waals surface area contributed by atoms with Crippen LogP contribution in [-0.4, -0.2) is 68.5 Å². The van der Waals surface area contributed by atoms with E-state index >= 15 is 0 Å². The number of hydrogen-bond donors (Lipinski definition) is 2. The summed E-state index contributed by atoms with van der Waals surface area (Å²) < 4.78 is 23.4. The fourth-order valence-electron chi connectivity index (χ4n) is 10.2. The number of unbranched alkanes of at least 4 members (excludes halogenated alkanes) is 47. The average molecular weight is 1080 g/mol. The van der Waals surface area contributed by atoms with Crippen LogP contribution in [0.15, 0.2) is 24.3 Å². The highest BCUT2D eigenvalue weighted by molar-refractivity contribution is 7.45. The van der Waals surface area contributed by atoms with Gasteiger partial charge in [0.05, 0.1) is 39.9 Å². The second-order valence-electron chi connectivity index (χ2n) is 24.2. The number of likely N-dealkylation sites (N-methyl/N-ethyl adjacent to an activating group) is 1. The number of phosphoric ester groups is 1. The van der Waals surface area contributed by atoms with Crippen LogP contribution in [0.25, 0.3) is 0 Å². The van der Waals surface area contributed by atoms with Crippen LogP contribution in [0.5, 0.6) is 0 Å². The van der Waals surface area contributed by atoms with Crippen LogP contribution in [0.2, 0.25) is 0 Å². The Kier molecular flexibility index (Phi) is 56.9. The quantitative estimate of drug-likeness (QED) is 0.0272. The van der Waals surface area contributed by atoms with Crippen LogP contribution in [0, 0.1) is 0 Å². The summed E-state index contributed by atoms with van der Waals surface area (Å²) in [6.07, 6.45) is 74.3. The highest BCUT2D eigenvalue weighted by Gasteiger charge is 2.23. The van der Waals surface area contributed by atoms with E-state index in [4.69, 9.17) is 9.05 Å². The Hall–Kier alpha value is -1.02. The highest BCUT2D eigenvalue weighted by Crippen LogP contribution is 2.38. The van der Waals surface area contributed by atoms with Crippen LogP contribution in [0.4, 0.5) is 0 Å². The molecular weight excluding hydrogens is 948 g/mol. The first-order valence-electron chi connectivity index (χ1n) is 33.2. The summed E-state index contributed by atoms with van der Waals surface area (Å²) in [4.78, 5) is 25.6. The zero-order valence-electron chi connectivity index (χ0n) is 51.0. The first-order chi connectivity index (χ1) is 36.5. The van der Waals surface area contributed by atoms with Crippen molar-refractivity contribution in [3.63, 3.8) is 0 Å². The molecule has 2 N–H and O–H groups in total. The van der Waals surface area contributed by atoms with Crippen molar-refractivity contribution in [1.82, 2.24) is 5.32 Å². The zero-order chi connectivity index (χ0) is 54.9. The Morgan fingerprint density at radius 2 is 0.733 bits per heavy atom. The fourth-order valence-corrected chi connectivity index (χ4v) is 10.9. The van der Waals surface area contributed by atoms with Gasteiger partial charge in [-0.1, -0.05) is 314 Å². The SMILES string of the molecule is CCCCCCCCCCCCCC/C=C\CCCCCCCCCCCCCCC(=O)NC(COP(=O)([O-])OCC[N+](C)(C)C)C(O)/C=C/CCCCCCCCCCCCCCCCCCCCCCCCC. The van der Waals surface area contributed by atoms with Crippen molar-refractivity contribution in [1.29, 1.82) is 0 Å². The molecule has 0 spiro atoms. The van der Waals surface area contributed by atoms with Gasteiger partial charge in [0.15, 0.2) is 0 Å². The van der Waals surface area contributed by atoms with Crippen molar-refractivity contribution >= 4 is 13.7 Å². The van der Waals surface area contributed by atoms with Gasteiger partial charge >= 0.3 is 0 Å². The van der Waals surface area contributed by atoms with E-state index in [9.17, 15) is 19.4 Å². The van der Waals surface area contributed by atoms with E-state index in [1.165, 1.54) is 283 Å². The van der Waals surface area contributed by atoms with Gasteiger partial charge in [-0.05, 0) is 44.9 Å². The number of aliphatic hydroxyl groups is 1. The monoisotopic (exact) mass is 1080 g/mol. The van der Waals surface area contributed by atoms with Crippen LogP contribution < -0.4 is 10.2 Å². The molecule has 3 atom stereocenters. The molecule has 0 heterocycles. The summed E-state index contributed by atoms with van der Waals surface area (Å²) >= 11 is 0. The van der Waals surface area contributed by atoms with Crippen LogP contribution in [0.3, 0.4) is 0 Å². The summed E-state index contributed by atoms with van der Waals surface area (Å²) in [7, 11) is 1.28. The van der Waals surface area contributed by atoms with Gasteiger partial charge in [0.25, 0.3) is 7.82 Å². The number of amides is 1. The molecule has 75 heavy (non-hydrogen) atoms. The van der Waals surface area contributed by atoms with E-state index in [1.807, 2.05) is 27.2 Å². The number of nitrogens with zero attached hydrogens (tertiary/aromatic N) is 1. The Bertz CT molecular complexity index is 1270. The zero-order valence-corrected chi connectivity index (χ0v) is 51.9. The third-order valence-electron chi connectivity index (χ3n) is 15.4. The molecule has 0 aliphatic heterocycles. The van der Waals surface area contributed by atoms with E-state index in [1.54, 1.807) is 6.08 Å². The normalized spacial score (nSPS) is 13.9. The molecule has 0 rings (SSSR count). The van der Waals surface area contributed by atoms with E-state index in [0.717, 1.165) is 38.5 Å². The molecule has 0 aromatic rings. The molecule has 8 nitrogen and oxygen atoms in total. The number of carbonyl (C=O) groups is 1. The highest BCUT2D eigenvalue weighted by atomic mass is 31.2. The smallest absolute Gasteiger partial charge is 0.268 e. The summed E-state index contributed by atoms with van der Waals surface area (Å²) in [6.45, 7) is 4.71. The molecule has 3 unspecified atom stereocenters. The van der Waals surface area contributed by atoms with Crippen molar-refractivity contribution in [2.24, 2.45) is 0 Å². The van der Waals surface area contributed by atoms with Gasteiger partial charge in [-0.3, -0.25) is 9.36 Å². The summed E-state index contributed by atoms with van der Waals surface area (Å²) in [6, 6.07) is -0.886. The van der Waals surface area contributed by atoms with E-state index < -0.39 is 20.0 Å². The second kappa shape index (κ2) is 57.7. The molecule has 0 fully saturated rings. The van der Waals surface area contributed by atoms with Gasteiger partial charge in [-0.15, -0.1) is 0 Å². The van der Waals surface area contributed by atoms with Gasteiger partial charge in [0.1, 0.15) is 13.2 Å².